The van der Waals surface area contributed by atoms with Crippen LogP contribution in [0.3, 0.4) is 0 Å². The number of halogens is 1. The Morgan fingerprint density at radius 1 is 0.630 bits per heavy atom. The van der Waals surface area contributed by atoms with Gasteiger partial charge in [-0.2, -0.15) is 0 Å². The average molecular weight is 475 g/mol. The van der Waals surface area contributed by atoms with Gasteiger partial charge in [0.25, 0.3) is 0 Å². The lowest BCUT2D eigenvalue weighted by Gasteiger charge is -2.02. The van der Waals surface area contributed by atoms with E-state index in [0.717, 1.165) is 0 Å². The van der Waals surface area contributed by atoms with Crippen LogP contribution < -0.4 is 0 Å². The molecular weight excluding hydrogens is 461 g/mol. The number of rotatable bonds is 1. The highest BCUT2D eigenvalue weighted by Gasteiger charge is 2.16. The molecule has 0 aliphatic carbocycles. The second-order valence-electron chi connectivity index (χ2n) is 6.81. The molecule has 2 aromatic heterocycles. The summed E-state index contributed by atoms with van der Waals surface area (Å²) in [5.74, 6) is 0. The zero-order valence-corrected chi connectivity index (χ0v) is 17.3. The Hall–Kier alpha value is -2.37. The van der Waals surface area contributed by atoms with Crippen molar-refractivity contribution in [1.29, 1.82) is 0 Å². The molecule has 0 N–H and O–H groups in total. The molecule has 3 heteroatoms. The lowest BCUT2D eigenvalue weighted by molar-refractivity contribution is 1.51. The van der Waals surface area contributed by atoms with Crippen LogP contribution in [0.1, 0.15) is 0 Å². The van der Waals surface area contributed by atoms with Crippen molar-refractivity contribution in [3.63, 3.8) is 0 Å². The molecule has 6 rings (SSSR count). The van der Waals surface area contributed by atoms with Crippen molar-refractivity contribution in [2.24, 2.45) is 0 Å². The van der Waals surface area contributed by atoms with Gasteiger partial charge in [-0.15, -0.1) is 11.3 Å². The average Bonchev–Trinajstić information content (AvgIpc) is 3.24. The summed E-state index contributed by atoms with van der Waals surface area (Å²) in [6.45, 7) is 0. The van der Waals surface area contributed by atoms with Gasteiger partial charge in [-0.05, 0) is 35.4 Å². The van der Waals surface area contributed by atoms with Gasteiger partial charge in [-0.3, -0.25) is 2.78 Å². The first-order valence-electron chi connectivity index (χ1n) is 8.91. The fraction of sp³-hybridized carbons (Fsp3) is 0. The summed E-state index contributed by atoms with van der Waals surface area (Å²) in [7, 11) is 0. The molecule has 0 unspecified atom stereocenters. The minimum atomic E-state index is 1.26. The molecule has 2 heterocycles. The molecule has 0 spiro atoms. The fourth-order valence-electron chi connectivity index (χ4n) is 4.07. The maximum Gasteiger partial charge on any atom is 0.0683 e. The summed E-state index contributed by atoms with van der Waals surface area (Å²) in [5, 5.41) is 5.37. The third-order valence-corrected chi connectivity index (χ3v) is 7.46. The summed E-state index contributed by atoms with van der Waals surface area (Å²) in [6.07, 6.45) is 0. The van der Waals surface area contributed by atoms with Gasteiger partial charge in [-0.1, -0.05) is 60.7 Å². The van der Waals surface area contributed by atoms with E-state index in [-0.39, 0.29) is 0 Å². The first kappa shape index (κ1) is 15.7. The van der Waals surface area contributed by atoms with Crippen molar-refractivity contribution in [1.82, 2.24) is 2.78 Å². The summed E-state index contributed by atoms with van der Waals surface area (Å²) in [4.78, 5) is 0. The maximum atomic E-state index is 2.46. The standard InChI is InChI=1S/C24H14INS/c25-26-20-12-10-16(15-6-2-1-3-7-15)14-19(20)17-11-13-22-23(24(17)26)18-8-4-5-9-21(18)27-22/h1-14H. The highest BCUT2D eigenvalue weighted by atomic mass is 127. The van der Waals surface area contributed by atoms with E-state index < -0.39 is 0 Å². The number of aromatic nitrogens is 1. The summed E-state index contributed by atoms with van der Waals surface area (Å²) < 4.78 is 5.04. The SMILES string of the molecule is In1c2ccc(-c3ccccc3)cc2c2ccc3sc4ccccc4c3c21. The van der Waals surface area contributed by atoms with Gasteiger partial charge >= 0.3 is 0 Å². The van der Waals surface area contributed by atoms with Gasteiger partial charge in [0.2, 0.25) is 0 Å². The molecule has 0 radical (unpaired) electrons. The van der Waals surface area contributed by atoms with Crippen LogP contribution in [0.4, 0.5) is 0 Å². The van der Waals surface area contributed by atoms with E-state index >= 15 is 0 Å². The number of thiophene rings is 1. The van der Waals surface area contributed by atoms with Crippen LogP contribution in [-0.4, -0.2) is 2.78 Å². The van der Waals surface area contributed by atoms with Gasteiger partial charge < -0.3 is 0 Å². The van der Waals surface area contributed by atoms with Crippen molar-refractivity contribution in [3.05, 3.63) is 84.9 Å². The van der Waals surface area contributed by atoms with Crippen molar-refractivity contribution < 1.29 is 0 Å². The highest BCUT2D eigenvalue weighted by Crippen LogP contribution is 2.43. The van der Waals surface area contributed by atoms with Gasteiger partial charge in [-0.25, -0.2) is 0 Å². The lowest BCUT2D eigenvalue weighted by Crippen LogP contribution is -1.80. The summed E-state index contributed by atoms with van der Waals surface area (Å²) >= 11 is 4.34. The lowest BCUT2D eigenvalue weighted by atomic mass is 10.0. The molecule has 0 saturated carbocycles. The molecule has 0 atom stereocenters. The van der Waals surface area contributed by atoms with Crippen molar-refractivity contribution in [3.8, 4) is 11.1 Å². The molecule has 1 nitrogen and oxygen atoms in total. The Balaban J connectivity index is 1.77. The Labute approximate surface area is 174 Å². The van der Waals surface area contributed by atoms with Gasteiger partial charge in [0.15, 0.2) is 0 Å². The van der Waals surface area contributed by atoms with E-state index in [1.54, 1.807) is 0 Å². The Morgan fingerprint density at radius 3 is 2.33 bits per heavy atom. The minimum absolute atomic E-state index is 1.26. The van der Waals surface area contributed by atoms with Crippen LogP contribution in [-0.2, 0) is 0 Å². The molecule has 0 aliphatic rings. The predicted octanol–water partition coefficient (Wildman–Crippen LogP) is 8.03. The van der Waals surface area contributed by atoms with Crippen LogP contribution in [0.5, 0.6) is 0 Å². The van der Waals surface area contributed by atoms with E-state index in [9.17, 15) is 0 Å². The first-order chi connectivity index (χ1) is 13.3. The fourth-order valence-corrected chi connectivity index (χ4v) is 6.10. The number of hydrogen-bond acceptors (Lipinski definition) is 1. The van der Waals surface area contributed by atoms with Crippen LogP contribution >= 0.6 is 34.2 Å². The summed E-state index contributed by atoms with van der Waals surface area (Å²) in [5.41, 5.74) is 5.12. The molecule has 0 bridgehead atoms. The second kappa shape index (κ2) is 5.81. The van der Waals surface area contributed by atoms with Crippen LogP contribution in [0.2, 0.25) is 0 Å². The largest absolute Gasteiger partial charge is 0.281 e. The quantitative estimate of drug-likeness (QED) is 0.212. The van der Waals surface area contributed by atoms with Gasteiger partial charge in [0.1, 0.15) is 0 Å². The third-order valence-electron chi connectivity index (χ3n) is 5.32. The molecule has 27 heavy (non-hydrogen) atoms. The first-order valence-corrected chi connectivity index (χ1v) is 10.7. The highest BCUT2D eigenvalue weighted by molar-refractivity contribution is 14.1. The Bertz CT molecular complexity index is 1470. The topological polar surface area (TPSA) is 4.93 Å². The number of benzene rings is 4. The van der Waals surface area contributed by atoms with E-state index in [1.807, 2.05) is 11.3 Å². The zero-order chi connectivity index (χ0) is 18.0. The zero-order valence-electron chi connectivity index (χ0n) is 14.3. The molecule has 0 amide bonds. The molecule has 0 saturated heterocycles. The maximum absolute atomic E-state index is 2.46. The van der Waals surface area contributed by atoms with E-state index in [0.29, 0.717) is 0 Å². The number of hydrogen-bond donors (Lipinski definition) is 0. The minimum Gasteiger partial charge on any atom is -0.281 e. The smallest absolute Gasteiger partial charge is 0.0683 e. The monoisotopic (exact) mass is 475 g/mol. The van der Waals surface area contributed by atoms with Crippen molar-refractivity contribution in [2.45, 2.75) is 0 Å². The van der Waals surface area contributed by atoms with Crippen LogP contribution in [0, 0.1) is 0 Å². The van der Waals surface area contributed by atoms with Crippen molar-refractivity contribution >= 4 is 76.2 Å². The number of nitrogens with zero attached hydrogens (tertiary/aromatic N) is 1. The van der Waals surface area contributed by atoms with Gasteiger partial charge in [0, 0.05) is 30.9 Å². The van der Waals surface area contributed by atoms with E-state index in [2.05, 4.69) is 111 Å². The number of fused-ring (bicyclic) bond motifs is 7. The predicted molar refractivity (Wildman–Crippen MR) is 127 cm³/mol. The van der Waals surface area contributed by atoms with Crippen LogP contribution in [0.25, 0.3) is 53.1 Å². The van der Waals surface area contributed by atoms with Gasteiger partial charge in [0.05, 0.1) is 33.9 Å². The Morgan fingerprint density at radius 2 is 1.44 bits per heavy atom. The molecule has 4 aromatic carbocycles. The molecule has 6 aromatic rings. The summed E-state index contributed by atoms with van der Waals surface area (Å²) in [6, 6.07) is 30.7. The normalized spacial score (nSPS) is 11.9. The van der Waals surface area contributed by atoms with E-state index in [4.69, 9.17) is 0 Å². The second-order valence-corrected chi connectivity index (χ2v) is 8.86. The van der Waals surface area contributed by atoms with Crippen LogP contribution in [0.15, 0.2) is 84.9 Å². The van der Waals surface area contributed by atoms with E-state index in [1.165, 1.54) is 53.1 Å². The Kier molecular flexibility index (Phi) is 3.37. The molecule has 0 aliphatic heterocycles. The van der Waals surface area contributed by atoms with Crippen molar-refractivity contribution in [2.75, 3.05) is 0 Å². The molecular formula is C24H14INS. The molecule has 0 fully saturated rings. The third kappa shape index (κ3) is 2.22. The molecule has 128 valence electrons.